The molecule has 0 bridgehead atoms. The number of rotatable bonds is 5. The van der Waals surface area contributed by atoms with Crippen LogP contribution >= 0.6 is 23.4 Å². The highest BCUT2D eigenvalue weighted by molar-refractivity contribution is 8.00. The first kappa shape index (κ1) is 22.7. The van der Waals surface area contributed by atoms with Crippen LogP contribution in [0.3, 0.4) is 0 Å². The highest BCUT2D eigenvalue weighted by atomic mass is 35.5. The van der Waals surface area contributed by atoms with Crippen molar-refractivity contribution in [3.8, 4) is 0 Å². The van der Waals surface area contributed by atoms with Crippen molar-refractivity contribution in [2.24, 2.45) is 5.92 Å². The number of benzene rings is 2. The summed E-state index contributed by atoms with van der Waals surface area (Å²) < 4.78 is 4.81. The number of esters is 1. The summed E-state index contributed by atoms with van der Waals surface area (Å²) in [5, 5.41) is 0.584. The molecule has 4 rings (SSSR count). The Labute approximate surface area is 196 Å². The lowest BCUT2D eigenvalue weighted by atomic mass is 9.96. The SMILES string of the molecule is COC(=O)C1CCN(C(=O)c2ccc([C@@H]3SCC(=O)N3Cc3ccc(Cl)cc3)cc2)CC1. The van der Waals surface area contributed by atoms with Gasteiger partial charge in [-0.2, -0.15) is 0 Å². The normalized spacial score (nSPS) is 19.3. The van der Waals surface area contributed by atoms with Gasteiger partial charge >= 0.3 is 5.97 Å². The molecule has 2 saturated heterocycles. The van der Waals surface area contributed by atoms with Gasteiger partial charge in [0.25, 0.3) is 5.91 Å². The maximum Gasteiger partial charge on any atom is 0.308 e. The number of hydrogen-bond donors (Lipinski definition) is 0. The van der Waals surface area contributed by atoms with Gasteiger partial charge in [-0.3, -0.25) is 14.4 Å². The number of thioether (sulfide) groups is 1. The summed E-state index contributed by atoms with van der Waals surface area (Å²) >= 11 is 7.56. The maximum absolute atomic E-state index is 12.9. The second-order valence-corrected chi connectivity index (χ2v) is 9.53. The van der Waals surface area contributed by atoms with E-state index in [0.717, 1.165) is 11.1 Å². The third-order valence-electron chi connectivity index (χ3n) is 5.99. The quantitative estimate of drug-likeness (QED) is 0.612. The van der Waals surface area contributed by atoms with Crippen LogP contribution in [-0.4, -0.2) is 53.5 Å². The summed E-state index contributed by atoms with van der Waals surface area (Å²) in [5.41, 5.74) is 2.64. The zero-order chi connectivity index (χ0) is 22.7. The lowest BCUT2D eigenvalue weighted by Gasteiger charge is -2.31. The Kier molecular flexibility index (Phi) is 7.06. The molecule has 2 aromatic rings. The van der Waals surface area contributed by atoms with Gasteiger partial charge in [0.05, 0.1) is 18.8 Å². The number of nitrogens with zero attached hydrogens (tertiary/aromatic N) is 2. The van der Waals surface area contributed by atoms with Gasteiger partial charge in [0.1, 0.15) is 5.37 Å². The minimum absolute atomic E-state index is 0.0342. The van der Waals surface area contributed by atoms with Crippen molar-refractivity contribution >= 4 is 41.1 Å². The molecule has 2 aliphatic rings. The molecule has 0 aliphatic carbocycles. The minimum Gasteiger partial charge on any atom is -0.469 e. The van der Waals surface area contributed by atoms with Crippen LogP contribution in [0.25, 0.3) is 0 Å². The first-order valence-electron chi connectivity index (χ1n) is 10.6. The number of piperidine rings is 1. The van der Waals surface area contributed by atoms with Gasteiger partial charge in [-0.25, -0.2) is 0 Å². The van der Waals surface area contributed by atoms with Gasteiger partial charge in [0.2, 0.25) is 5.91 Å². The predicted molar refractivity (Wildman–Crippen MR) is 124 cm³/mol. The average Bonchev–Trinajstić information content (AvgIpc) is 3.19. The van der Waals surface area contributed by atoms with E-state index in [0.29, 0.717) is 48.8 Å². The number of carbonyl (C=O) groups is 3. The van der Waals surface area contributed by atoms with E-state index in [-0.39, 0.29) is 29.1 Å². The van der Waals surface area contributed by atoms with Crippen molar-refractivity contribution in [3.05, 3.63) is 70.2 Å². The molecule has 0 N–H and O–H groups in total. The molecule has 0 aromatic heterocycles. The summed E-state index contributed by atoms with van der Waals surface area (Å²) in [6.07, 6.45) is 1.24. The molecule has 6 nitrogen and oxygen atoms in total. The van der Waals surface area contributed by atoms with Crippen LogP contribution in [0, 0.1) is 5.92 Å². The molecule has 168 valence electrons. The number of halogens is 1. The molecule has 1 atom stereocenters. The molecule has 0 radical (unpaired) electrons. The number of ether oxygens (including phenoxy) is 1. The lowest BCUT2D eigenvalue weighted by Crippen LogP contribution is -2.40. The second-order valence-electron chi connectivity index (χ2n) is 8.02. The third-order valence-corrected chi connectivity index (χ3v) is 7.50. The summed E-state index contributed by atoms with van der Waals surface area (Å²) in [7, 11) is 1.40. The van der Waals surface area contributed by atoms with Gasteiger partial charge in [-0.1, -0.05) is 35.9 Å². The number of hydrogen-bond acceptors (Lipinski definition) is 5. The summed E-state index contributed by atoms with van der Waals surface area (Å²) in [4.78, 5) is 40.7. The topological polar surface area (TPSA) is 66.9 Å². The van der Waals surface area contributed by atoms with Crippen LogP contribution in [0.1, 0.15) is 39.7 Å². The molecule has 2 aromatic carbocycles. The van der Waals surface area contributed by atoms with Crippen molar-refractivity contribution in [2.75, 3.05) is 26.0 Å². The Hall–Kier alpha value is -2.51. The van der Waals surface area contributed by atoms with Crippen LogP contribution < -0.4 is 0 Å². The fourth-order valence-corrected chi connectivity index (χ4v) is 5.46. The van der Waals surface area contributed by atoms with Gasteiger partial charge in [-0.05, 0) is 48.2 Å². The highest BCUT2D eigenvalue weighted by Crippen LogP contribution is 2.39. The molecule has 32 heavy (non-hydrogen) atoms. The van der Waals surface area contributed by atoms with E-state index in [1.165, 1.54) is 7.11 Å². The summed E-state index contributed by atoms with van der Waals surface area (Å²) in [5.74, 6) is 0.175. The Bertz CT molecular complexity index is 988. The minimum atomic E-state index is -0.201. The van der Waals surface area contributed by atoms with E-state index < -0.39 is 0 Å². The fourth-order valence-electron chi connectivity index (χ4n) is 4.15. The Morgan fingerprint density at radius 3 is 2.34 bits per heavy atom. The van der Waals surface area contributed by atoms with Crippen molar-refractivity contribution in [2.45, 2.75) is 24.8 Å². The number of likely N-dealkylation sites (tertiary alicyclic amines) is 1. The van der Waals surface area contributed by atoms with Gasteiger partial charge in [0.15, 0.2) is 0 Å². The van der Waals surface area contributed by atoms with Gasteiger partial charge < -0.3 is 14.5 Å². The monoisotopic (exact) mass is 472 g/mol. The van der Waals surface area contributed by atoms with Crippen LogP contribution in [0.2, 0.25) is 5.02 Å². The predicted octanol–water partition coefficient (Wildman–Crippen LogP) is 4.14. The molecular weight excluding hydrogens is 448 g/mol. The molecule has 0 saturated carbocycles. The summed E-state index contributed by atoms with van der Waals surface area (Å²) in [6, 6.07) is 15.0. The van der Waals surface area contributed by atoms with Crippen LogP contribution in [-0.2, 0) is 20.9 Å². The molecule has 2 aliphatic heterocycles. The largest absolute Gasteiger partial charge is 0.469 e. The van der Waals surface area contributed by atoms with Crippen LogP contribution in [0.5, 0.6) is 0 Å². The lowest BCUT2D eigenvalue weighted by molar-refractivity contribution is -0.146. The summed E-state index contributed by atoms with van der Waals surface area (Å²) in [6.45, 7) is 1.61. The Morgan fingerprint density at radius 2 is 1.72 bits per heavy atom. The zero-order valence-electron chi connectivity index (χ0n) is 17.8. The highest BCUT2D eigenvalue weighted by Gasteiger charge is 2.33. The molecule has 2 heterocycles. The third kappa shape index (κ3) is 4.94. The molecule has 2 fully saturated rings. The molecule has 8 heteroatoms. The standard InChI is InChI=1S/C24H25ClN2O4S/c1-31-24(30)19-10-12-26(13-11-19)22(29)17-4-6-18(7-5-17)23-27(21(28)15-32-23)14-16-2-8-20(25)9-3-16/h2-9,19,23H,10-15H2,1H3/t23-/m0/s1. The average molecular weight is 473 g/mol. The smallest absolute Gasteiger partial charge is 0.308 e. The van der Waals surface area contributed by atoms with E-state index in [9.17, 15) is 14.4 Å². The Morgan fingerprint density at radius 1 is 1.06 bits per heavy atom. The number of amides is 2. The number of carbonyl (C=O) groups excluding carboxylic acids is 3. The molecule has 2 amide bonds. The first-order chi connectivity index (χ1) is 15.5. The van der Waals surface area contributed by atoms with Crippen molar-refractivity contribution in [3.63, 3.8) is 0 Å². The molecular formula is C24H25ClN2O4S. The van der Waals surface area contributed by atoms with Crippen molar-refractivity contribution in [1.82, 2.24) is 9.80 Å². The Balaban J connectivity index is 1.41. The first-order valence-corrected chi connectivity index (χ1v) is 12.0. The van der Waals surface area contributed by atoms with Crippen LogP contribution in [0.4, 0.5) is 0 Å². The van der Waals surface area contributed by atoms with E-state index >= 15 is 0 Å². The molecule has 0 unspecified atom stereocenters. The fraction of sp³-hybridized carbons (Fsp3) is 0.375. The van der Waals surface area contributed by atoms with E-state index in [1.807, 2.05) is 53.4 Å². The number of methoxy groups -OCH3 is 1. The van der Waals surface area contributed by atoms with Gasteiger partial charge in [0, 0.05) is 30.2 Å². The van der Waals surface area contributed by atoms with Crippen LogP contribution in [0.15, 0.2) is 48.5 Å². The van der Waals surface area contributed by atoms with Crippen molar-refractivity contribution in [1.29, 1.82) is 0 Å². The van der Waals surface area contributed by atoms with E-state index in [1.54, 1.807) is 16.7 Å². The van der Waals surface area contributed by atoms with Crippen molar-refractivity contribution < 1.29 is 19.1 Å². The van der Waals surface area contributed by atoms with Gasteiger partial charge in [-0.15, -0.1) is 11.8 Å². The molecule has 0 spiro atoms. The maximum atomic E-state index is 12.9. The zero-order valence-corrected chi connectivity index (χ0v) is 19.4. The second kappa shape index (κ2) is 9.96. The van der Waals surface area contributed by atoms with E-state index in [4.69, 9.17) is 16.3 Å². The van der Waals surface area contributed by atoms with E-state index in [2.05, 4.69) is 0 Å².